The van der Waals surface area contributed by atoms with Gasteiger partial charge in [-0.25, -0.2) is 4.39 Å². The average Bonchev–Trinajstić information content (AvgIpc) is 2.85. The Bertz CT molecular complexity index is 642. The fourth-order valence-corrected chi connectivity index (χ4v) is 2.39. The van der Waals surface area contributed by atoms with Crippen LogP contribution in [0.15, 0.2) is 48.5 Å². The molecule has 1 amide bonds. The van der Waals surface area contributed by atoms with Gasteiger partial charge in [-0.2, -0.15) is 0 Å². The van der Waals surface area contributed by atoms with Crippen molar-refractivity contribution < 1.29 is 13.9 Å². The second-order valence-electron chi connectivity index (χ2n) is 4.78. The molecule has 0 aliphatic carbocycles. The van der Waals surface area contributed by atoms with Crippen LogP contribution in [0, 0.1) is 5.82 Å². The van der Waals surface area contributed by atoms with Crippen LogP contribution >= 0.6 is 0 Å². The summed E-state index contributed by atoms with van der Waals surface area (Å²) in [5.41, 5.74) is 1.25. The largest absolute Gasteiger partial charge is 0.493 e. The van der Waals surface area contributed by atoms with E-state index in [1.807, 2.05) is 24.3 Å². The van der Waals surface area contributed by atoms with E-state index in [4.69, 9.17) is 4.74 Å². The van der Waals surface area contributed by atoms with Gasteiger partial charge < -0.3 is 10.1 Å². The minimum atomic E-state index is -0.427. The van der Waals surface area contributed by atoms with E-state index in [0.717, 1.165) is 11.3 Å². The molecule has 0 spiro atoms. The van der Waals surface area contributed by atoms with Gasteiger partial charge in [0.25, 0.3) is 0 Å². The van der Waals surface area contributed by atoms with Gasteiger partial charge in [-0.15, -0.1) is 0 Å². The molecule has 3 rings (SSSR count). The number of anilines is 1. The average molecular weight is 271 g/mol. The van der Waals surface area contributed by atoms with Crippen molar-refractivity contribution in [2.24, 2.45) is 0 Å². The number of nitrogens with one attached hydrogen (secondary N) is 1. The van der Waals surface area contributed by atoms with Crippen molar-refractivity contribution in [2.45, 2.75) is 12.3 Å². The maximum absolute atomic E-state index is 13.5. The van der Waals surface area contributed by atoms with Gasteiger partial charge in [0.05, 0.1) is 12.3 Å². The number of amides is 1. The van der Waals surface area contributed by atoms with E-state index in [1.54, 1.807) is 18.2 Å². The first-order valence-electron chi connectivity index (χ1n) is 6.50. The fraction of sp³-hybridized carbons (Fsp3) is 0.188. The molecule has 0 radical (unpaired) electrons. The number of hydrogen-bond donors (Lipinski definition) is 1. The minimum absolute atomic E-state index is 0.0259. The standard InChI is InChI=1S/C16H14FNO2/c17-13-6-2-3-7-14(13)18-16(19)9-11-10-20-15-8-4-1-5-12(11)15/h1-8,11H,9-10H2,(H,18,19). The zero-order chi connectivity index (χ0) is 13.9. The van der Waals surface area contributed by atoms with Crippen LogP contribution in [-0.2, 0) is 4.79 Å². The molecule has 1 unspecified atom stereocenters. The fourth-order valence-electron chi connectivity index (χ4n) is 2.39. The normalized spacial score (nSPS) is 16.4. The number of carbonyl (C=O) groups is 1. The Balaban J connectivity index is 1.68. The molecule has 2 aromatic carbocycles. The van der Waals surface area contributed by atoms with Crippen LogP contribution in [0.25, 0.3) is 0 Å². The quantitative estimate of drug-likeness (QED) is 0.929. The molecule has 0 aromatic heterocycles. The van der Waals surface area contributed by atoms with Gasteiger partial charge in [-0.3, -0.25) is 4.79 Å². The van der Waals surface area contributed by atoms with Gasteiger partial charge in [-0.05, 0) is 18.2 Å². The Morgan fingerprint density at radius 1 is 1.20 bits per heavy atom. The zero-order valence-corrected chi connectivity index (χ0v) is 10.8. The van der Waals surface area contributed by atoms with Gasteiger partial charge in [0.1, 0.15) is 11.6 Å². The van der Waals surface area contributed by atoms with E-state index in [0.29, 0.717) is 6.61 Å². The maximum Gasteiger partial charge on any atom is 0.225 e. The van der Waals surface area contributed by atoms with Crippen LogP contribution in [0.5, 0.6) is 5.75 Å². The van der Waals surface area contributed by atoms with Crippen molar-refractivity contribution in [2.75, 3.05) is 11.9 Å². The molecule has 0 fully saturated rings. The van der Waals surface area contributed by atoms with Crippen LogP contribution < -0.4 is 10.1 Å². The number of ether oxygens (including phenoxy) is 1. The summed E-state index contributed by atoms with van der Waals surface area (Å²) >= 11 is 0. The van der Waals surface area contributed by atoms with Crippen molar-refractivity contribution in [1.29, 1.82) is 0 Å². The third-order valence-corrected chi connectivity index (χ3v) is 3.38. The van der Waals surface area contributed by atoms with E-state index in [2.05, 4.69) is 5.32 Å². The second-order valence-corrected chi connectivity index (χ2v) is 4.78. The predicted octanol–water partition coefficient (Wildman–Crippen LogP) is 3.33. The highest BCUT2D eigenvalue weighted by molar-refractivity contribution is 5.91. The molecular weight excluding hydrogens is 257 g/mol. The molecule has 1 heterocycles. The van der Waals surface area contributed by atoms with Crippen molar-refractivity contribution in [1.82, 2.24) is 0 Å². The molecule has 4 heteroatoms. The highest BCUT2D eigenvalue weighted by Gasteiger charge is 2.26. The van der Waals surface area contributed by atoms with Gasteiger partial charge in [0.15, 0.2) is 0 Å². The third-order valence-electron chi connectivity index (χ3n) is 3.38. The number of benzene rings is 2. The van der Waals surface area contributed by atoms with Gasteiger partial charge in [0.2, 0.25) is 5.91 Å². The lowest BCUT2D eigenvalue weighted by Crippen LogP contribution is -2.17. The highest BCUT2D eigenvalue weighted by atomic mass is 19.1. The molecule has 0 saturated heterocycles. The van der Waals surface area contributed by atoms with E-state index in [-0.39, 0.29) is 23.9 Å². The summed E-state index contributed by atoms with van der Waals surface area (Å²) < 4.78 is 19.0. The molecule has 1 N–H and O–H groups in total. The van der Waals surface area contributed by atoms with Crippen LogP contribution in [-0.4, -0.2) is 12.5 Å². The lowest BCUT2D eigenvalue weighted by Gasteiger charge is -2.10. The molecule has 102 valence electrons. The Kier molecular flexibility index (Phi) is 3.37. The SMILES string of the molecule is O=C(CC1COc2ccccc21)Nc1ccccc1F. The topological polar surface area (TPSA) is 38.3 Å². The third kappa shape index (κ3) is 2.50. The molecule has 20 heavy (non-hydrogen) atoms. The minimum Gasteiger partial charge on any atom is -0.493 e. The molecular formula is C16H14FNO2. The van der Waals surface area contributed by atoms with E-state index in [1.165, 1.54) is 6.07 Å². The molecule has 0 bridgehead atoms. The summed E-state index contributed by atoms with van der Waals surface area (Å²) in [6, 6.07) is 13.8. The van der Waals surface area contributed by atoms with Crippen LogP contribution in [0.2, 0.25) is 0 Å². The Hall–Kier alpha value is -2.36. The number of rotatable bonds is 3. The highest BCUT2D eigenvalue weighted by Crippen LogP contribution is 2.35. The summed E-state index contributed by atoms with van der Waals surface area (Å²) in [4.78, 5) is 12.0. The van der Waals surface area contributed by atoms with E-state index < -0.39 is 5.82 Å². The van der Waals surface area contributed by atoms with Crippen molar-refractivity contribution >= 4 is 11.6 Å². The second kappa shape index (κ2) is 5.33. The summed E-state index contributed by atoms with van der Waals surface area (Å²) in [5.74, 6) is 0.221. The smallest absolute Gasteiger partial charge is 0.225 e. The summed E-state index contributed by atoms with van der Waals surface area (Å²) in [6.45, 7) is 0.490. The Labute approximate surface area is 116 Å². The number of para-hydroxylation sites is 2. The number of hydrogen-bond acceptors (Lipinski definition) is 2. The molecule has 3 nitrogen and oxygen atoms in total. The first kappa shape index (κ1) is 12.7. The van der Waals surface area contributed by atoms with Crippen molar-refractivity contribution in [3.63, 3.8) is 0 Å². The summed E-state index contributed by atoms with van der Waals surface area (Å²) in [5, 5.41) is 2.60. The predicted molar refractivity (Wildman–Crippen MR) is 74.3 cm³/mol. The Morgan fingerprint density at radius 2 is 1.95 bits per heavy atom. The zero-order valence-electron chi connectivity index (χ0n) is 10.8. The van der Waals surface area contributed by atoms with Gasteiger partial charge >= 0.3 is 0 Å². The molecule has 1 aliphatic heterocycles. The molecule has 0 saturated carbocycles. The number of halogens is 1. The lowest BCUT2D eigenvalue weighted by molar-refractivity contribution is -0.116. The molecule has 1 aliphatic rings. The van der Waals surface area contributed by atoms with Gasteiger partial charge in [-0.1, -0.05) is 30.3 Å². The molecule has 2 aromatic rings. The number of fused-ring (bicyclic) bond motifs is 1. The van der Waals surface area contributed by atoms with Crippen LogP contribution in [0.1, 0.15) is 17.9 Å². The van der Waals surface area contributed by atoms with Crippen LogP contribution in [0.4, 0.5) is 10.1 Å². The van der Waals surface area contributed by atoms with E-state index in [9.17, 15) is 9.18 Å². The maximum atomic E-state index is 13.5. The molecule has 1 atom stereocenters. The first-order chi connectivity index (χ1) is 9.74. The Morgan fingerprint density at radius 3 is 2.80 bits per heavy atom. The summed E-state index contributed by atoms with van der Waals surface area (Å²) in [7, 11) is 0. The monoisotopic (exact) mass is 271 g/mol. The van der Waals surface area contributed by atoms with E-state index >= 15 is 0 Å². The van der Waals surface area contributed by atoms with Crippen molar-refractivity contribution in [3.05, 3.63) is 59.9 Å². The van der Waals surface area contributed by atoms with Crippen molar-refractivity contribution in [3.8, 4) is 5.75 Å². The lowest BCUT2D eigenvalue weighted by atomic mass is 9.97. The van der Waals surface area contributed by atoms with Gasteiger partial charge in [0, 0.05) is 17.9 Å². The van der Waals surface area contributed by atoms with Crippen LogP contribution in [0.3, 0.4) is 0 Å². The first-order valence-corrected chi connectivity index (χ1v) is 6.50. The summed E-state index contributed by atoms with van der Waals surface area (Å²) in [6.07, 6.45) is 0.283. The number of carbonyl (C=O) groups excluding carboxylic acids is 1.